The molecule has 4 rings (SSSR count). The molecule has 9 heteroatoms. The zero-order valence-electron chi connectivity index (χ0n) is 18.8. The Morgan fingerprint density at radius 2 is 1.74 bits per heavy atom. The molecule has 1 N–H and O–H groups in total. The van der Waals surface area contributed by atoms with Crippen molar-refractivity contribution >= 4 is 17.8 Å². The van der Waals surface area contributed by atoms with Crippen LogP contribution in [0.2, 0.25) is 0 Å². The molecule has 1 saturated heterocycles. The van der Waals surface area contributed by atoms with Gasteiger partial charge in [0.25, 0.3) is 0 Å². The van der Waals surface area contributed by atoms with Crippen molar-refractivity contribution in [2.45, 2.75) is 33.7 Å². The van der Waals surface area contributed by atoms with Gasteiger partial charge in [0.1, 0.15) is 0 Å². The molecule has 2 aliphatic heterocycles. The molecule has 2 aliphatic rings. The molecule has 1 fully saturated rings. The van der Waals surface area contributed by atoms with Gasteiger partial charge in [-0.15, -0.1) is 0 Å². The number of nitrogens with zero attached hydrogens (tertiary/aromatic N) is 6. The highest BCUT2D eigenvalue weighted by atomic mass is 16.7. The number of hydrogen-bond acceptors (Lipinski definition) is 9. The number of anilines is 3. The molecule has 0 atom stereocenters. The average molecular weight is 428 g/mol. The Balaban J connectivity index is 1.41. The summed E-state index contributed by atoms with van der Waals surface area (Å²) in [5.41, 5.74) is 1.24. The van der Waals surface area contributed by atoms with Gasteiger partial charge in [0, 0.05) is 52.4 Å². The van der Waals surface area contributed by atoms with Gasteiger partial charge < -0.3 is 24.6 Å². The zero-order chi connectivity index (χ0) is 21.6. The van der Waals surface area contributed by atoms with Gasteiger partial charge in [-0.3, -0.25) is 4.90 Å². The molecule has 2 aromatic rings. The quantitative estimate of drug-likeness (QED) is 0.649. The minimum Gasteiger partial charge on any atom is -0.454 e. The summed E-state index contributed by atoms with van der Waals surface area (Å²) < 4.78 is 10.9. The number of nitrogens with one attached hydrogen (secondary N) is 1. The van der Waals surface area contributed by atoms with Gasteiger partial charge in [0.15, 0.2) is 11.5 Å². The number of hydrogen-bond donors (Lipinski definition) is 1. The number of piperazine rings is 1. The first-order valence-electron chi connectivity index (χ1n) is 11.3. The summed E-state index contributed by atoms with van der Waals surface area (Å²) in [6.07, 6.45) is 1.03. The van der Waals surface area contributed by atoms with E-state index in [0.29, 0.717) is 12.7 Å². The van der Waals surface area contributed by atoms with Crippen LogP contribution in [0.4, 0.5) is 17.8 Å². The number of rotatable bonds is 9. The molecular formula is C22H33N7O2. The molecule has 0 aliphatic carbocycles. The van der Waals surface area contributed by atoms with Crippen LogP contribution >= 0.6 is 0 Å². The lowest BCUT2D eigenvalue weighted by Gasteiger charge is -2.35. The lowest BCUT2D eigenvalue weighted by molar-refractivity contribution is 0.174. The van der Waals surface area contributed by atoms with Crippen LogP contribution in [-0.2, 0) is 6.54 Å². The summed E-state index contributed by atoms with van der Waals surface area (Å²) in [4.78, 5) is 21.0. The second-order valence-corrected chi connectivity index (χ2v) is 7.81. The largest absolute Gasteiger partial charge is 0.454 e. The zero-order valence-corrected chi connectivity index (χ0v) is 18.8. The molecule has 0 unspecified atom stereocenters. The van der Waals surface area contributed by atoms with E-state index in [-0.39, 0.29) is 0 Å². The standard InChI is InChI=1S/C22H33N7O2/c1-4-9-23-20-24-21(28(5-2)6-3)26-22(25-20)29-12-10-27(11-13-29)15-17-7-8-18-19(14-17)31-16-30-18/h7-8,14H,4-6,9-13,15-16H2,1-3H3,(H,23,24,25,26). The smallest absolute Gasteiger partial charge is 0.232 e. The summed E-state index contributed by atoms with van der Waals surface area (Å²) in [5, 5.41) is 3.33. The van der Waals surface area contributed by atoms with Gasteiger partial charge in [-0.1, -0.05) is 13.0 Å². The maximum atomic E-state index is 5.51. The highest BCUT2D eigenvalue weighted by molar-refractivity contribution is 5.46. The highest BCUT2D eigenvalue weighted by Gasteiger charge is 2.22. The van der Waals surface area contributed by atoms with E-state index in [0.717, 1.165) is 82.2 Å². The second-order valence-electron chi connectivity index (χ2n) is 7.81. The summed E-state index contributed by atoms with van der Waals surface area (Å²) in [7, 11) is 0. The number of fused-ring (bicyclic) bond motifs is 1. The fourth-order valence-electron chi connectivity index (χ4n) is 3.86. The number of benzene rings is 1. The number of aromatic nitrogens is 3. The Morgan fingerprint density at radius 1 is 0.968 bits per heavy atom. The van der Waals surface area contributed by atoms with E-state index in [1.54, 1.807) is 0 Å². The van der Waals surface area contributed by atoms with Gasteiger partial charge in [0.2, 0.25) is 24.6 Å². The predicted molar refractivity (Wildman–Crippen MR) is 122 cm³/mol. The Kier molecular flexibility index (Phi) is 6.91. The Labute approximate surface area is 184 Å². The molecule has 1 aromatic heterocycles. The van der Waals surface area contributed by atoms with Gasteiger partial charge in [0.05, 0.1) is 0 Å². The van der Waals surface area contributed by atoms with Crippen molar-refractivity contribution in [3.8, 4) is 11.5 Å². The minimum atomic E-state index is 0.313. The molecule has 0 saturated carbocycles. The van der Waals surface area contributed by atoms with Crippen molar-refractivity contribution in [1.82, 2.24) is 19.9 Å². The van der Waals surface area contributed by atoms with Crippen molar-refractivity contribution in [1.29, 1.82) is 0 Å². The highest BCUT2D eigenvalue weighted by Crippen LogP contribution is 2.33. The molecule has 0 spiro atoms. The first-order chi connectivity index (χ1) is 15.2. The third kappa shape index (κ3) is 5.10. The lowest BCUT2D eigenvalue weighted by atomic mass is 10.1. The summed E-state index contributed by atoms with van der Waals surface area (Å²) in [6, 6.07) is 6.20. The van der Waals surface area contributed by atoms with Crippen molar-refractivity contribution in [3.63, 3.8) is 0 Å². The van der Waals surface area contributed by atoms with Gasteiger partial charge in [-0.2, -0.15) is 15.0 Å². The van der Waals surface area contributed by atoms with Crippen LogP contribution in [0.25, 0.3) is 0 Å². The lowest BCUT2D eigenvalue weighted by Crippen LogP contribution is -2.46. The summed E-state index contributed by atoms with van der Waals surface area (Å²) >= 11 is 0. The first-order valence-corrected chi connectivity index (χ1v) is 11.3. The average Bonchev–Trinajstić information content (AvgIpc) is 3.27. The van der Waals surface area contributed by atoms with Crippen LogP contribution in [-0.4, -0.2) is 72.5 Å². The summed E-state index contributed by atoms with van der Waals surface area (Å²) in [5.74, 6) is 3.85. The van der Waals surface area contributed by atoms with Crippen LogP contribution in [0.5, 0.6) is 11.5 Å². The van der Waals surface area contributed by atoms with Crippen LogP contribution in [0.3, 0.4) is 0 Å². The molecule has 3 heterocycles. The first kappa shape index (κ1) is 21.4. The molecule has 9 nitrogen and oxygen atoms in total. The Hall–Kier alpha value is -2.81. The van der Waals surface area contributed by atoms with E-state index in [9.17, 15) is 0 Å². The molecular weight excluding hydrogens is 394 g/mol. The number of ether oxygens (including phenoxy) is 2. The van der Waals surface area contributed by atoms with Crippen molar-refractivity contribution in [2.24, 2.45) is 0 Å². The fourth-order valence-corrected chi connectivity index (χ4v) is 3.86. The monoisotopic (exact) mass is 427 g/mol. The van der Waals surface area contributed by atoms with Gasteiger partial charge >= 0.3 is 0 Å². The molecule has 1 aromatic carbocycles. The summed E-state index contributed by atoms with van der Waals surface area (Å²) in [6.45, 7) is 13.9. The van der Waals surface area contributed by atoms with Crippen LogP contribution < -0.4 is 24.6 Å². The fraction of sp³-hybridized carbons (Fsp3) is 0.591. The predicted octanol–water partition coefficient (Wildman–Crippen LogP) is 2.59. The van der Waals surface area contributed by atoms with Gasteiger partial charge in [-0.05, 0) is 38.0 Å². The molecule has 0 radical (unpaired) electrons. The maximum Gasteiger partial charge on any atom is 0.232 e. The van der Waals surface area contributed by atoms with Crippen molar-refractivity contribution in [3.05, 3.63) is 23.8 Å². The van der Waals surface area contributed by atoms with E-state index < -0.39 is 0 Å². The van der Waals surface area contributed by atoms with Crippen molar-refractivity contribution in [2.75, 3.05) is 67.7 Å². The SMILES string of the molecule is CCCNc1nc(N(CC)CC)nc(N2CCN(Cc3ccc4c(c3)OCO4)CC2)n1. The van der Waals surface area contributed by atoms with E-state index in [1.165, 1.54) is 5.56 Å². The Morgan fingerprint density at radius 3 is 2.48 bits per heavy atom. The molecule has 168 valence electrons. The van der Waals surface area contributed by atoms with E-state index >= 15 is 0 Å². The van der Waals surface area contributed by atoms with Gasteiger partial charge in [-0.25, -0.2) is 0 Å². The maximum absolute atomic E-state index is 5.51. The van der Waals surface area contributed by atoms with E-state index in [4.69, 9.17) is 19.4 Å². The van der Waals surface area contributed by atoms with Crippen LogP contribution in [0, 0.1) is 0 Å². The third-order valence-corrected chi connectivity index (χ3v) is 5.69. The van der Waals surface area contributed by atoms with E-state index in [1.807, 2.05) is 6.07 Å². The minimum absolute atomic E-state index is 0.313. The van der Waals surface area contributed by atoms with Crippen LogP contribution in [0.15, 0.2) is 18.2 Å². The Bertz CT molecular complexity index is 867. The van der Waals surface area contributed by atoms with Crippen LogP contribution in [0.1, 0.15) is 32.8 Å². The molecule has 0 bridgehead atoms. The third-order valence-electron chi connectivity index (χ3n) is 5.69. The normalized spacial score (nSPS) is 15.9. The van der Waals surface area contributed by atoms with Crippen molar-refractivity contribution < 1.29 is 9.47 Å². The van der Waals surface area contributed by atoms with E-state index in [2.05, 4.69) is 57.9 Å². The topological polar surface area (TPSA) is 78.9 Å². The molecule has 0 amide bonds. The second kappa shape index (κ2) is 10.00. The molecule has 31 heavy (non-hydrogen) atoms.